The van der Waals surface area contributed by atoms with E-state index in [1.165, 1.54) is 4.90 Å². The third kappa shape index (κ3) is 3.58. The zero-order valence-corrected chi connectivity index (χ0v) is 14.2. The third-order valence-electron chi connectivity index (χ3n) is 4.50. The summed E-state index contributed by atoms with van der Waals surface area (Å²) in [4.78, 5) is 37.9. The molecule has 0 aliphatic carbocycles. The predicted octanol–water partition coefficient (Wildman–Crippen LogP) is -0.115. The average molecular weight is 346 g/mol. The number of rotatable bonds is 3. The molecule has 0 unspecified atom stereocenters. The Morgan fingerprint density at radius 2 is 1.96 bits per heavy atom. The summed E-state index contributed by atoms with van der Waals surface area (Å²) in [6.07, 6.45) is 0.357. The highest BCUT2D eigenvalue weighted by Crippen LogP contribution is 2.23. The van der Waals surface area contributed by atoms with Gasteiger partial charge in [-0.15, -0.1) is 0 Å². The number of piperazine rings is 1. The van der Waals surface area contributed by atoms with Gasteiger partial charge in [0.2, 0.25) is 11.8 Å². The van der Waals surface area contributed by atoms with Crippen LogP contribution in [-0.4, -0.2) is 59.1 Å². The smallest absolute Gasteiger partial charge is 0.319 e. The van der Waals surface area contributed by atoms with Gasteiger partial charge in [0, 0.05) is 12.2 Å². The van der Waals surface area contributed by atoms with Crippen LogP contribution in [0.2, 0.25) is 0 Å². The van der Waals surface area contributed by atoms with Crippen LogP contribution in [0.1, 0.15) is 17.5 Å². The van der Waals surface area contributed by atoms with E-state index in [1.807, 2.05) is 32.0 Å². The number of benzene rings is 1. The number of aryl methyl sites for hydroxylation is 2. The number of nitrogens with zero attached hydrogens (tertiary/aromatic N) is 1. The van der Waals surface area contributed by atoms with E-state index in [9.17, 15) is 19.5 Å². The molecule has 3 atom stereocenters. The van der Waals surface area contributed by atoms with Gasteiger partial charge in [0.05, 0.1) is 12.6 Å². The van der Waals surface area contributed by atoms with Crippen LogP contribution in [-0.2, 0) is 9.59 Å². The highest BCUT2D eigenvalue weighted by atomic mass is 16.3. The Morgan fingerprint density at radius 3 is 2.60 bits per heavy atom. The molecule has 134 valence electrons. The molecule has 0 saturated carbocycles. The second kappa shape index (κ2) is 6.72. The van der Waals surface area contributed by atoms with Crippen LogP contribution in [0.4, 0.5) is 10.5 Å². The molecule has 0 bridgehead atoms. The summed E-state index contributed by atoms with van der Waals surface area (Å²) in [6.45, 7) is 3.73. The number of amides is 4. The van der Waals surface area contributed by atoms with Gasteiger partial charge < -0.3 is 26.0 Å². The number of hydrogen-bond donors (Lipinski definition) is 4. The van der Waals surface area contributed by atoms with E-state index in [-0.39, 0.29) is 30.4 Å². The lowest BCUT2D eigenvalue weighted by atomic mass is 10.1. The minimum absolute atomic E-state index is 0.258. The van der Waals surface area contributed by atoms with E-state index in [0.717, 1.165) is 11.1 Å². The first-order chi connectivity index (χ1) is 11.9. The van der Waals surface area contributed by atoms with E-state index < -0.39 is 18.7 Å². The lowest BCUT2D eigenvalue weighted by Gasteiger charge is -2.33. The van der Waals surface area contributed by atoms with Crippen molar-refractivity contribution in [3.63, 3.8) is 0 Å². The summed E-state index contributed by atoms with van der Waals surface area (Å²) in [7, 11) is 0. The van der Waals surface area contributed by atoms with Crippen molar-refractivity contribution in [1.82, 2.24) is 15.5 Å². The van der Waals surface area contributed by atoms with E-state index in [1.54, 1.807) is 0 Å². The number of aliphatic hydroxyl groups is 1. The maximum absolute atomic E-state index is 12.2. The van der Waals surface area contributed by atoms with Gasteiger partial charge in [-0.2, -0.15) is 0 Å². The fourth-order valence-electron chi connectivity index (χ4n) is 3.49. The van der Waals surface area contributed by atoms with Gasteiger partial charge >= 0.3 is 6.03 Å². The molecule has 2 fully saturated rings. The normalized spacial score (nSPS) is 25.4. The second-order valence-electron chi connectivity index (χ2n) is 6.66. The molecule has 4 amide bonds. The average Bonchev–Trinajstić information content (AvgIpc) is 2.94. The van der Waals surface area contributed by atoms with Crippen LogP contribution in [0, 0.1) is 13.8 Å². The molecule has 3 rings (SSSR count). The number of urea groups is 1. The summed E-state index contributed by atoms with van der Waals surface area (Å²) < 4.78 is 0. The van der Waals surface area contributed by atoms with Gasteiger partial charge in [0.25, 0.3) is 0 Å². The fraction of sp³-hybridized carbons (Fsp3) is 0.471. The number of anilines is 1. The Bertz CT molecular complexity index is 700. The molecular weight excluding hydrogens is 324 g/mol. The standard InChI is InChI=1S/C17H22N4O4/c1-9-3-10(2)5-11(4-9)18-17(25)19-12-6-14-15(23)20-13(8-22)16(24)21(14)7-12/h3-5,12-14,22H,6-8H2,1-2H3,(H,20,23)(H2,18,19,25)/t12-,13+,14-/m0/s1. The Hall–Kier alpha value is -2.61. The molecule has 0 spiro atoms. The maximum atomic E-state index is 12.2. The number of nitrogens with one attached hydrogen (secondary N) is 3. The van der Waals surface area contributed by atoms with Gasteiger partial charge in [-0.3, -0.25) is 9.59 Å². The van der Waals surface area contributed by atoms with Crippen LogP contribution in [0.3, 0.4) is 0 Å². The highest BCUT2D eigenvalue weighted by molar-refractivity contribution is 5.98. The van der Waals surface area contributed by atoms with Crippen molar-refractivity contribution in [3.05, 3.63) is 29.3 Å². The molecule has 1 aromatic carbocycles. The maximum Gasteiger partial charge on any atom is 0.319 e. The third-order valence-corrected chi connectivity index (χ3v) is 4.50. The number of aliphatic hydroxyl groups excluding tert-OH is 1. The van der Waals surface area contributed by atoms with Crippen molar-refractivity contribution in [2.45, 2.75) is 38.4 Å². The number of fused-ring (bicyclic) bond motifs is 1. The summed E-state index contributed by atoms with van der Waals surface area (Å²) in [6, 6.07) is 3.57. The van der Waals surface area contributed by atoms with Crippen LogP contribution in [0.25, 0.3) is 0 Å². The fourth-order valence-corrected chi connectivity index (χ4v) is 3.49. The number of carbonyl (C=O) groups is 3. The minimum Gasteiger partial charge on any atom is -0.394 e. The first kappa shape index (κ1) is 17.2. The van der Waals surface area contributed by atoms with Crippen LogP contribution >= 0.6 is 0 Å². The van der Waals surface area contributed by atoms with E-state index in [4.69, 9.17) is 0 Å². The quantitative estimate of drug-likeness (QED) is 0.612. The first-order valence-corrected chi connectivity index (χ1v) is 8.25. The molecule has 2 aliphatic rings. The van der Waals surface area contributed by atoms with Gasteiger partial charge in [0.15, 0.2) is 0 Å². The monoisotopic (exact) mass is 346 g/mol. The zero-order chi connectivity index (χ0) is 18.1. The summed E-state index contributed by atoms with van der Waals surface area (Å²) in [5.41, 5.74) is 2.79. The van der Waals surface area contributed by atoms with Crippen LogP contribution in [0.5, 0.6) is 0 Å². The van der Waals surface area contributed by atoms with Crippen molar-refractivity contribution < 1.29 is 19.5 Å². The van der Waals surface area contributed by atoms with Crippen LogP contribution < -0.4 is 16.0 Å². The molecule has 8 heteroatoms. The largest absolute Gasteiger partial charge is 0.394 e. The molecule has 2 aliphatic heterocycles. The summed E-state index contributed by atoms with van der Waals surface area (Å²) in [5, 5.41) is 17.3. The predicted molar refractivity (Wildman–Crippen MR) is 91.0 cm³/mol. The van der Waals surface area contributed by atoms with Crippen LogP contribution in [0.15, 0.2) is 18.2 Å². The topological polar surface area (TPSA) is 111 Å². The molecular formula is C17H22N4O4. The van der Waals surface area contributed by atoms with Gasteiger partial charge in [-0.1, -0.05) is 6.07 Å². The number of hydrogen-bond acceptors (Lipinski definition) is 4. The van der Waals surface area contributed by atoms with Crippen molar-refractivity contribution >= 4 is 23.5 Å². The van der Waals surface area contributed by atoms with E-state index >= 15 is 0 Å². The van der Waals surface area contributed by atoms with Crippen molar-refractivity contribution in [3.8, 4) is 0 Å². The molecule has 4 N–H and O–H groups in total. The SMILES string of the molecule is Cc1cc(C)cc(NC(=O)N[C@H]2C[C@H]3C(=O)N[C@H](CO)C(=O)N3C2)c1. The highest BCUT2D eigenvalue weighted by Gasteiger charge is 2.46. The number of carbonyl (C=O) groups excluding carboxylic acids is 3. The molecule has 1 aromatic rings. The summed E-state index contributed by atoms with van der Waals surface area (Å²) >= 11 is 0. The van der Waals surface area contributed by atoms with Crippen molar-refractivity contribution in [1.29, 1.82) is 0 Å². The lowest BCUT2D eigenvalue weighted by molar-refractivity contribution is -0.148. The molecule has 2 saturated heterocycles. The van der Waals surface area contributed by atoms with E-state index in [0.29, 0.717) is 12.1 Å². The Morgan fingerprint density at radius 1 is 1.28 bits per heavy atom. The Kier molecular flexibility index (Phi) is 4.63. The van der Waals surface area contributed by atoms with Crippen molar-refractivity contribution in [2.24, 2.45) is 0 Å². The lowest BCUT2D eigenvalue weighted by Crippen LogP contribution is -2.62. The van der Waals surface area contributed by atoms with Gasteiger partial charge in [0.1, 0.15) is 12.1 Å². The molecule has 25 heavy (non-hydrogen) atoms. The Labute approximate surface area is 145 Å². The molecule has 0 radical (unpaired) electrons. The molecule has 0 aromatic heterocycles. The first-order valence-electron chi connectivity index (χ1n) is 8.25. The zero-order valence-electron chi connectivity index (χ0n) is 14.2. The van der Waals surface area contributed by atoms with E-state index in [2.05, 4.69) is 16.0 Å². The van der Waals surface area contributed by atoms with Crippen molar-refractivity contribution in [2.75, 3.05) is 18.5 Å². The second-order valence-corrected chi connectivity index (χ2v) is 6.66. The van der Waals surface area contributed by atoms with Gasteiger partial charge in [-0.25, -0.2) is 4.79 Å². The molecule has 8 nitrogen and oxygen atoms in total. The van der Waals surface area contributed by atoms with Gasteiger partial charge in [-0.05, 0) is 43.5 Å². The Balaban J connectivity index is 1.62. The minimum atomic E-state index is -0.897. The molecule has 2 heterocycles. The summed E-state index contributed by atoms with van der Waals surface area (Å²) in [5.74, 6) is -0.608.